The molecular formula is C15H20N2O2. The van der Waals surface area contributed by atoms with Crippen molar-refractivity contribution in [2.24, 2.45) is 0 Å². The summed E-state index contributed by atoms with van der Waals surface area (Å²) in [6.45, 7) is 3.11. The molecule has 1 N–H and O–H groups in total. The van der Waals surface area contributed by atoms with Crippen molar-refractivity contribution in [2.45, 2.75) is 19.3 Å². The van der Waals surface area contributed by atoms with E-state index in [2.05, 4.69) is 23.5 Å². The molecule has 1 aromatic carbocycles. The van der Waals surface area contributed by atoms with E-state index in [1.54, 1.807) is 0 Å². The molecule has 1 amide bonds. The van der Waals surface area contributed by atoms with Crippen LogP contribution in [0, 0.1) is 0 Å². The van der Waals surface area contributed by atoms with Crippen molar-refractivity contribution < 1.29 is 9.53 Å². The van der Waals surface area contributed by atoms with E-state index in [1.807, 2.05) is 4.90 Å². The minimum Gasteiger partial charge on any atom is -0.378 e. The van der Waals surface area contributed by atoms with Crippen molar-refractivity contribution in [3.8, 4) is 0 Å². The average molecular weight is 260 g/mol. The Morgan fingerprint density at radius 1 is 1.21 bits per heavy atom. The summed E-state index contributed by atoms with van der Waals surface area (Å²) in [4.78, 5) is 13.9. The van der Waals surface area contributed by atoms with Crippen molar-refractivity contribution in [1.29, 1.82) is 0 Å². The Hall–Kier alpha value is -1.55. The highest BCUT2D eigenvalue weighted by molar-refractivity contribution is 5.81. The number of hydrogen-bond donors (Lipinski definition) is 1. The van der Waals surface area contributed by atoms with Gasteiger partial charge in [0.05, 0.1) is 19.8 Å². The van der Waals surface area contributed by atoms with Crippen LogP contribution in [-0.4, -0.2) is 43.7 Å². The van der Waals surface area contributed by atoms with Crippen LogP contribution in [0.1, 0.15) is 17.5 Å². The summed E-state index contributed by atoms with van der Waals surface area (Å²) in [5.74, 6) is 0.156. The highest BCUT2D eigenvalue weighted by Crippen LogP contribution is 2.24. The number of ether oxygens (including phenoxy) is 1. The zero-order valence-electron chi connectivity index (χ0n) is 11.2. The average Bonchev–Trinajstić information content (AvgIpc) is 2.93. The second kappa shape index (κ2) is 5.61. The molecule has 1 fully saturated rings. The van der Waals surface area contributed by atoms with Gasteiger partial charge in [0.1, 0.15) is 0 Å². The van der Waals surface area contributed by atoms with Gasteiger partial charge in [-0.05, 0) is 42.5 Å². The van der Waals surface area contributed by atoms with E-state index in [1.165, 1.54) is 30.4 Å². The molecule has 4 heteroatoms. The molecule has 0 saturated carbocycles. The van der Waals surface area contributed by atoms with Crippen LogP contribution in [0.5, 0.6) is 0 Å². The van der Waals surface area contributed by atoms with Gasteiger partial charge in [-0.2, -0.15) is 0 Å². The van der Waals surface area contributed by atoms with Crippen molar-refractivity contribution in [3.63, 3.8) is 0 Å². The monoisotopic (exact) mass is 260 g/mol. The molecule has 1 saturated heterocycles. The number of anilines is 1. The van der Waals surface area contributed by atoms with Crippen LogP contribution < -0.4 is 5.32 Å². The number of morpholine rings is 1. The predicted octanol–water partition coefficient (Wildman–Crippen LogP) is 1.45. The molecule has 1 heterocycles. The van der Waals surface area contributed by atoms with E-state index >= 15 is 0 Å². The zero-order chi connectivity index (χ0) is 13.1. The molecule has 1 aromatic rings. The Morgan fingerprint density at radius 2 is 2.00 bits per heavy atom. The number of aryl methyl sites for hydroxylation is 2. The third-order valence-corrected chi connectivity index (χ3v) is 3.91. The molecule has 1 aliphatic heterocycles. The number of fused-ring (bicyclic) bond motifs is 1. The van der Waals surface area contributed by atoms with Crippen molar-refractivity contribution in [3.05, 3.63) is 29.3 Å². The number of nitrogens with zero attached hydrogens (tertiary/aromatic N) is 1. The molecule has 0 aromatic heterocycles. The minimum absolute atomic E-state index is 0.156. The van der Waals surface area contributed by atoms with Gasteiger partial charge in [0, 0.05) is 18.8 Å². The van der Waals surface area contributed by atoms with Gasteiger partial charge in [-0.3, -0.25) is 4.79 Å². The summed E-state index contributed by atoms with van der Waals surface area (Å²) in [5.41, 5.74) is 3.95. The molecule has 3 rings (SSSR count). The van der Waals surface area contributed by atoms with E-state index in [9.17, 15) is 4.79 Å². The highest BCUT2D eigenvalue weighted by Gasteiger charge is 2.16. The number of rotatable bonds is 3. The number of carbonyl (C=O) groups is 1. The van der Waals surface area contributed by atoms with Crippen LogP contribution in [0.2, 0.25) is 0 Å². The van der Waals surface area contributed by atoms with E-state index in [4.69, 9.17) is 4.74 Å². The summed E-state index contributed by atoms with van der Waals surface area (Å²) >= 11 is 0. The summed E-state index contributed by atoms with van der Waals surface area (Å²) in [6, 6.07) is 6.45. The normalized spacial score (nSPS) is 18.2. The van der Waals surface area contributed by atoms with Gasteiger partial charge in [0.15, 0.2) is 0 Å². The van der Waals surface area contributed by atoms with Crippen molar-refractivity contribution >= 4 is 11.6 Å². The fourth-order valence-corrected chi connectivity index (χ4v) is 2.78. The standard InChI is InChI=1S/C15H20N2O2/c18-15(17-6-8-19-9-7-17)11-16-14-5-4-12-2-1-3-13(12)10-14/h4-5,10,16H,1-3,6-9,11H2. The first-order valence-corrected chi connectivity index (χ1v) is 7.04. The van der Waals surface area contributed by atoms with Gasteiger partial charge >= 0.3 is 0 Å². The maximum Gasteiger partial charge on any atom is 0.242 e. The van der Waals surface area contributed by atoms with Crippen molar-refractivity contribution in [1.82, 2.24) is 4.90 Å². The SMILES string of the molecule is O=C(CNc1ccc2c(c1)CCC2)N1CCOCC1. The van der Waals surface area contributed by atoms with Crippen LogP contribution in [0.15, 0.2) is 18.2 Å². The van der Waals surface area contributed by atoms with Crippen LogP contribution in [0.25, 0.3) is 0 Å². The van der Waals surface area contributed by atoms with Crippen molar-refractivity contribution in [2.75, 3.05) is 38.2 Å². The molecule has 102 valence electrons. The first-order chi connectivity index (χ1) is 9.33. The minimum atomic E-state index is 0.156. The molecule has 0 spiro atoms. The zero-order valence-corrected chi connectivity index (χ0v) is 11.2. The topological polar surface area (TPSA) is 41.6 Å². The number of hydrogen-bond acceptors (Lipinski definition) is 3. The third kappa shape index (κ3) is 2.89. The van der Waals surface area contributed by atoms with Crippen LogP contribution >= 0.6 is 0 Å². The van der Waals surface area contributed by atoms with Crippen LogP contribution in [0.4, 0.5) is 5.69 Å². The smallest absolute Gasteiger partial charge is 0.242 e. The van der Waals surface area contributed by atoms with E-state index in [-0.39, 0.29) is 5.91 Å². The van der Waals surface area contributed by atoms with Gasteiger partial charge in [-0.15, -0.1) is 0 Å². The van der Waals surface area contributed by atoms with E-state index in [0.717, 1.165) is 5.69 Å². The third-order valence-electron chi connectivity index (χ3n) is 3.91. The van der Waals surface area contributed by atoms with Crippen LogP contribution in [0.3, 0.4) is 0 Å². The van der Waals surface area contributed by atoms with Gasteiger partial charge in [-0.25, -0.2) is 0 Å². The van der Waals surface area contributed by atoms with Gasteiger partial charge in [0.2, 0.25) is 5.91 Å². The lowest BCUT2D eigenvalue weighted by Gasteiger charge is -2.27. The highest BCUT2D eigenvalue weighted by atomic mass is 16.5. The quantitative estimate of drug-likeness (QED) is 0.894. The lowest BCUT2D eigenvalue weighted by atomic mass is 10.1. The van der Waals surface area contributed by atoms with Gasteiger partial charge in [0.25, 0.3) is 0 Å². The largest absolute Gasteiger partial charge is 0.378 e. The Morgan fingerprint density at radius 3 is 2.84 bits per heavy atom. The maximum absolute atomic E-state index is 12.0. The second-order valence-corrected chi connectivity index (χ2v) is 5.18. The molecule has 19 heavy (non-hydrogen) atoms. The Kier molecular flexibility index (Phi) is 3.69. The number of benzene rings is 1. The lowest BCUT2D eigenvalue weighted by molar-refractivity contribution is -0.133. The fraction of sp³-hybridized carbons (Fsp3) is 0.533. The van der Waals surface area contributed by atoms with E-state index < -0.39 is 0 Å². The number of amides is 1. The summed E-state index contributed by atoms with van der Waals surface area (Å²) in [5, 5.41) is 3.24. The molecule has 1 aliphatic carbocycles. The molecule has 2 aliphatic rings. The second-order valence-electron chi connectivity index (χ2n) is 5.18. The lowest BCUT2D eigenvalue weighted by Crippen LogP contribution is -2.43. The molecular weight excluding hydrogens is 240 g/mol. The van der Waals surface area contributed by atoms with Gasteiger partial charge < -0.3 is 15.0 Å². The molecule has 0 radical (unpaired) electrons. The predicted molar refractivity (Wildman–Crippen MR) is 74.4 cm³/mol. The summed E-state index contributed by atoms with van der Waals surface area (Å²) in [6.07, 6.45) is 3.62. The number of carbonyl (C=O) groups excluding carboxylic acids is 1. The molecule has 0 bridgehead atoms. The Bertz CT molecular complexity index is 467. The summed E-state index contributed by atoms with van der Waals surface area (Å²) in [7, 11) is 0. The number of nitrogens with one attached hydrogen (secondary N) is 1. The molecule has 4 nitrogen and oxygen atoms in total. The first kappa shape index (κ1) is 12.5. The van der Waals surface area contributed by atoms with Gasteiger partial charge in [-0.1, -0.05) is 6.07 Å². The fourth-order valence-electron chi connectivity index (χ4n) is 2.78. The molecule has 0 unspecified atom stereocenters. The maximum atomic E-state index is 12.0. The summed E-state index contributed by atoms with van der Waals surface area (Å²) < 4.78 is 5.25. The van der Waals surface area contributed by atoms with E-state index in [0.29, 0.717) is 32.8 Å². The Labute approximate surface area is 113 Å². The first-order valence-electron chi connectivity index (χ1n) is 7.04. The Balaban J connectivity index is 1.55. The molecule has 0 atom stereocenters. The van der Waals surface area contributed by atoms with Crippen LogP contribution in [-0.2, 0) is 22.4 Å².